The van der Waals surface area contributed by atoms with Crippen molar-refractivity contribution in [3.05, 3.63) is 0 Å². The van der Waals surface area contributed by atoms with Crippen molar-refractivity contribution in [2.24, 2.45) is 11.8 Å². The molecule has 0 aliphatic heterocycles. The SMILES string of the molecule is CCCCCCCC(CC)CCCCC.CCCCCCCCC(CC)CCCCCCC. The minimum absolute atomic E-state index is 1.03. The molecule has 0 aliphatic carbocycles. The first-order valence-corrected chi connectivity index (χ1v) is 16.2. The van der Waals surface area contributed by atoms with E-state index in [4.69, 9.17) is 0 Å². The minimum Gasteiger partial charge on any atom is -0.0654 e. The van der Waals surface area contributed by atoms with Gasteiger partial charge in [-0.1, -0.05) is 202 Å². The van der Waals surface area contributed by atoms with E-state index in [1.165, 1.54) is 161 Å². The van der Waals surface area contributed by atoms with Crippen LogP contribution < -0.4 is 0 Å². The maximum atomic E-state index is 2.38. The molecule has 2 unspecified atom stereocenters. The summed E-state index contributed by atoms with van der Waals surface area (Å²) >= 11 is 0. The van der Waals surface area contributed by atoms with Gasteiger partial charge in [-0.2, -0.15) is 0 Å². The second kappa shape index (κ2) is 32.0. The molecule has 0 bridgehead atoms. The normalized spacial score (nSPS) is 12.9. The van der Waals surface area contributed by atoms with Crippen molar-refractivity contribution < 1.29 is 0 Å². The summed E-state index contributed by atoms with van der Waals surface area (Å²) in [6.07, 6.45) is 36.2. The molecule has 0 heteroatoms. The Morgan fingerprint density at radius 3 is 0.758 bits per heavy atom. The monoisotopic (exact) mass is 467 g/mol. The summed E-state index contributed by atoms with van der Waals surface area (Å²) in [6.45, 7) is 13.9. The molecule has 0 aromatic carbocycles. The summed E-state index contributed by atoms with van der Waals surface area (Å²) in [5, 5.41) is 0. The first-order valence-electron chi connectivity index (χ1n) is 16.2. The molecule has 0 nitrogen and oxygen atoms in total. The van der Waals surface area contributed by atoms with E-state index in [-0.39, 0.29) is 0 Å². The van der Waals surface area contributed by atoms with Gasteiger partial charge in [0, 0.05) is 0 Å². The van der Waals surface area contributed by atoms with Crippen molar-refractivity contribution in [3.63, 3.8) is 0 Å². The molecule has 2 atom stereocenters. The van der Waals surface area contributed by atoms with Crippen LogP contribution in [0.15, 0.2) is 0 Å². The lowest BCUT2D eigenvalue weighted by Crippen LogP contribution is -1.99. The van der Waals surface area contributed by atoms with E-state index in [1.807, 2.05) is 0 Å². The first-order chi connectivity index (χ1) is 16.2. The molecule has 0 N–H and O–H groups in total. The van der Waals surface area contributed by atoms with Crippen LogP contribution in [0.2, 0.25) is 0 Å². The average molecular weight is 467 g/mol. The van der Waals surface area contributed by atoms with Crippen LogP contribution in [0.3, 0.4) is 0 Å². The van der Waals surface area contributed by atoms with Crippen molar-refractivity contribution in [3.8, 4) is 0 Å². The van der Waals surface area contributed by atoms with Gasteiger partial charge in [0.05, 0.1) is 0 Å². The van der Waals surface area contributed by atoms with Gasteiger partial charge < -0.3 is 0 Å². The van der Waals surface area contributed by atoms with Gasteiger partial charge in [-0.15, -0.1) is 0 Å². The van der Waals surface area contributed by atoms with E-state index in [0.717, 1.165) is 11.8 Å². The lowest BCUT2D eigenvalue weighted by Gasteiger charge is -2.14. The quantitative estimate of drug-likeness (QED) is 0.117. The number of hydrogen-bond donors (Lipinski definition) is 0. The molecule has 0 amide bonds. The van der Waals surface area contributed by atoms with E-state index < -0.39 is 0 Å². The smallest absolute Gasteiger partial charge is 0.0417 e. The Balaban J connectivity index is 0. The zero-order valence-corrected chi connectivity index (χ0v) is 24.8. The Kier molecular flexibility index (Phi) is 34.1. The summed E-state index contributed by atoms with van der Waals surface area (Å²) in [4.78, 5) is 0. The van der Waals surface area contributed by atoms with Crippen LogP contribution in [0.25, 0.3) is 0 Å². The van der Waals surface area contributed by atoms with Crippen LogP contribution in [0.4, 0.5) is 0 Å². The van der Waals surface area contributed by atoms with E-state index in [2.05, 4.69) is 41.5 Å². The van der Waals surface area contributed by atoms with E-state index in [0.29, 0.717) is 0 Å². The van der Waals surface area contributed by atoms with Crippen LogP contribution in [0.5, 0.6) is 0 Å². The van der Waals surface area contributed by atoms with Crippen LogP contribution in [0, 0.1) is 11.8 Å². The van der Waals surface area contributed by atoms with Gasteiger partial charge in [-0.25, -0.2) is 0 Å². The molecule has 0 fully saturated rings. The first kappa shape index (κ1) is 35.2. The molecule has 0 saturated carbocycles. The topological polar surface area (TPSA) is 0 Å². The summed E-state index contributed by atoms with van der Waals surface area (Å²) in [5.74, 6) is 2.05. The van der Waals surface area contributed by atoms with Gasteiger partial charge in [-0.3, -0.25) is 0 Å². The zero-order valence-electron chi connectivity index (χ0n) is 24.8. The second-order valence-electron chi connectivity index (χ2n) is 11.0. The van der Waals surface area contributed by atoms with Crippen LogP contribution in [0.1, 0.15) is 202 Å². The fraction of sp³-hybridized carbons (Fsp3) is 1.00. The lowest BCUT2D eigenvalue weighted by molar-refractivity contribution is 0.393. The van der Waals surface area contributed by atoms with Crippen molar-refractivity contribution in [1.29, 1.82) is 0 Å². The number of hydrogen-bond acceptors (Lipinski definition) is 0. The fourth-order valence-corrected chi connectivity index (χ4v) is 5.07. The Morgan fingerprint density at radius 2 is 0.485 bits per heavy atom. The molecular weight excluding hydrogens is 396 g/mol. The van der Waals surface area contributed by atoms with Crippen molar-refractivity contribution in [2.75, 3.05) is 0 Å². The van der Waals surface area contributed by atoms with Crippen molar-refractivity contribution >= 4 is 0 Å². The Morgan fingerprint density at radius 1 is 0.273 bits per heavy atom. The third-order valence-corrected chi connectivity index (χ3v) is 7.77. The number of unbranched alkanes of at least 4 members (excludes halogenated alkanes) is 15. The van der Waals surface area contributed by atoms with Gasteiger partial charge in [0.15, 0.2) is 0 Å². The highest BCUT2D eigenvalue weighted by molar-refractivity contribution is 4.60. The molecule has 0 aliphatic rings. The van der Waals surface area contributed by atoms with E-state index >= 15 is 0 Å². The average Bonchev–Trinajstić information content (AvgIpc) is 2.84. The molecular formula is C33H70. The molecule has 0 spiro atoms. The lowest BCUT2D eigenvalue weighted by atomic mass is 9.92. The van der Waals surface area contributed by atoms with Crippen LogP contribution in [-0.2, 0) is 0 Å². The zero-order chi connectivity index (χ0) is 24.8. The Bertz CT molecular complexity index is 307. The molecule has 0 rings (SSSR count). The van der Waals surface area contributed by atoms with Crippen LogP contribution >= 0.6 is 0 Å². The molecule has 0 heterocycles. The maximum absolute atomic E-state index is 2.38. The second-order valence-corrected chi connectivity index (χ2v) is 11.0. The predicted molar refractivity (Wildman–Crippen MR) is 156 cm³/mol. The highest BCUT2D eigenvalue weighted by Gasteiger charge is 2.06. The summed E-state index contributed by atoms with van der Waals surface area (Å²) in [6, 6.07) is 0. The molecule has 202 valence electrons. The molecule has 0 aromatic heterocycles. The molecule has 0 radical (unpaired) electrons. The molecule has 0 aromatic rings. The van der Waals surface area contributed by atoms with E-state index in [9.17, 15) is 0 Å². The Labute approximate surface area is 213 Å². The van der Waals surface area contributed by atoms with Gasteiger partial charge in [-0.05, 0) is 11.8 Å². The Hall–Kier alpha value is 0. The van der Waals surface area contributed by atoms with Gasteiger partial charge in [0.2, 0.25) is 0 Å². The minimum atomic E-state index is 1.03. The van der Waals surface area contributed by atoms with Crippen molar-refractivity contribution in [2.45, 2.75) is 202 Å². The molecule has 0 saturated heterocycles. The van der Waals surface area contributed by atoms with Crippen molar-refractivity contribution in [1.82, 2.24) is 0 Å². The van der Waals surface area contributed by atoms with Gasteiger partial charge in [0.1, 0.15) is 0 Å². The van der Waals surface area contributed by atoms with Gasteiger partial charge >= 0.3 is 0 Å². The predicted octanol–water partition coefficient (Wildman–Crippen LogP) is 13.1. The van der Waals surface area contributed by atoms with Gasteiger partial charge in [0.25, 0.3) is 0 Å². The highest BCUT2D eigenvalue weighted by Crippen LogP contribution is 2.22. The largest absolute Gasteiger partial charge is 0.0654 e. The summed E-state index contributed by atoms with van der Waals surface area (Å²) in [5.41, 5.74) is 0. The highest BCUT2D eigenvalue weighted by atomic mass is 14.1. The molecule has 33 heavy (non-hydrogen) atoms. The van der Waals surface area contributed by atoms with E-state index in [1.54, 1.807) is 0 Å². The maximum Gasteiger partial charge on any atom is -0.0417 e. The summed E-state index contributed by atoms with van der Waals surface area (Å²) < 4.78 is 0. The summed E-state index contributed by atoms with van der Waals surface area (Å²) in [7, 11) is 0. The third kappa shape index (κ3) is 30.0. The fourth-order valence-electron chi connectivity index (χ4n) is 5.07. The van der Waals surface area contributed by atoms with Crippen LogP contribution in [-0.4, -0.2) is 0 Å². The standard InChI is InChI=1S/C18H38.C15H32/c1-4-7-9-11-13-15-17-18(6-3)16-14-12-10-8-5-2;1-4-7-9-10-12-14-15(6-3)13-11-8-5-2/h18H,4-17H2,1-3H3;15H,4-14H2,1-3H3. The third-order valence-electron chi connectivity index (χ3n) is 7.77. The number of rotatable bonds is 25.